The minimum absolute atomic E-state index is 0.00775. The summed E-state index contributed by atoms with van der Waals surface area (Å²) in [7, 11) is 0. The lowest BCUT2D eigenvalue weighted by molar-refractivity contribution is 0.0914. The van der Waals surface area contributed by atoms with Crippen molar-refractivity contribution in [2.45, 2.75) is 26.3 Å². The number of aromatic nitrogens is 2. The van der Waals surface area contributed by atoms with Gasteiger partial charge in [-0.2, -0.15) is 0 Å². The van der Waals surface area contributed by atoms with Crippen molar-refractivity contribution in [1.82, 2.24) is 15.3 Å². The monoisotopic (exact) mass is 322 g/mol. The number of benzene rings is 1. The van der Waals surface area contributed by atoms with Gasteiger partial charge in [0.05, 0.1) is 5.02 Å². The van der Waals surface area contributed by atoms with E-state index < -0.39 is 5.82 Å². The summed E-state index contributed by atoms with van der Waals surface area (Å²) in [5, 5.41) is 5.68. The Morgan fingerprint density at radius 3 is 2.64 bits per heavy atom. The summed E-state index contributed by atoms with van der Waals surface area (Å²) >= 11 is 5.71. The molecule has 2 rings (SSSR count). The lowest BCUT2D eigenvalue weighted by atomic mass is 10.1. The Bertz CT molecular complexity index is 700. The molecule has 0 bridgehead atoms. The van der Waals surface area contributed by atoms with Crippen molar-refractivity contribution in [2.75, 3.05) is 5.32 Å². The SMILES string of the molecule is CC(C)(C)NC(=O)c1ccnc(Nc2ccc(F)c(Cl)c2)n1. The molecule has 0 aliphatic heterocycles. The van der Waals surface area contributed by atoms with E-state index in [9.17, 15) is 9.18 Å². The van der Waals surface area contributed by atoms with Crippen LogP contribution in [-0.2, 0) is 0 Å². The molecule has 0 radical (unpaired) electrons. The first kappa shape index (κ1) is 16.2. The van der Waals surface area contributed by atoms with E-state index in [1.165, 1.54) is 30.5 Å². The lowest BCUT2D eigenvalue weighted by Gasteiger charge is -2.20. The van der Waals surface area contributed by atoms with Crippen molar-refractivity contribution in [2.24, 2.45) is 0 Å². The second-order valence-corrected chi connectivity index (χ2v) is 6.13. The van der Waals surface area contributed by atoms with Gasteiger partial charge in [0, 0.05) is 17.4 Å². The summed E-state index contributed by atoms with van der Waals surface area (Å²) in [6.07, 6.45) is 1.47. The molecule has 0 aliphatic carbocycles. The van der Waals surface area contributed by atoms with Crippen LogP contribution in [0.4, 0.5) is 16.0 Å². The van der Waals surface area contributed by atoms with Crippen molar-refractivity contribution in [1.29, 1.82) is 0 Å². The first-order valence-electron chi connectivity index (χ1n) is 6.62. The number of amides is 1. The summed E-state index contributed by atoms with van der Waals surface area (Å²) in [5.74, 6) is -0.578. The highest BCUT2D eigenvalue weighted by atomic mass is 35.5. The molecule has 0 atom stereocenters. The first-order chi connectivity index (χ1) is 10.2. The fourth-order valence-corrected chi connectivity index (χ4v) is 1.83. The van der Waals surface area contributed by atoms with Crippen molar-refractivity contribution in [3.05, 3.63) is 47.0 Å². The van der Waals surface area contributed by atoms with Crippen LogP contribution in [-0.4, -0.2) is 21.4 Å². The molecule has 2 aromatic rings. The van der Waals surface area contributed by atoms with Gasteiger partial charge in [-0.05, 0) is 45.0 Å². The Morgan fingerprint density at radius 2 is 2.00 bits per heavy atom. The maximum absolute atomic E-state index is 13.1. The summed E-state index contributed by atoms with van der Waals surface area (Å²) in [4.78, 5) is 20.2. The van der Waals surface area contributed by atoms with Crippen molar-refractivity contribution in [3.8, 4) is 0 Å². The zero-order chi connectivity index (χ0) is 16.3. The van der Waals surface area contributed by atoms with Gasteiger partial charge in [0.25, 0.3) is 5.91 Å². The minimum Gasteiger partial charge on any atom is -0.346 e. The Kier molecular flexibility index (Phi) is 4.61. The molecule has 0 spiro atoms. The number of nitrogens with zero attached hydrogens (tertiary/aromatic N) is 2. The molecular formula is C15H16ClFN4O. The van der Waals surface area contributed by atoms with Gasteiger partial charge in [-0.3, -0.25) is 4.79 Å². The predicted octanol–water partition coefficient (Wildman–Crippen LogP) is 3.54. The van der Waals surface area contributed by atoms with Gasteiger partial charge in [-0.15, -0.1) is 0 Å². The van der Waals surface area contributed by atoms with E-state index in [0.29, 0.717) is 5.69 Å². The van der Waals surface area contributed by atoms with Crippen LogP contribution in [0.3, 0.4) is 0 Å². The van der Waals surface area contributed by atoms with E-state index >= 15 is 0 Å². The minimum atomic E-state index is -0.508. The molecule has 2 N–H and O–H groups in total. The van der Waals surface area contributed by atoms with Gasteiger partial charge in [-0.25, -0.2) is 14.4 Å². The quantitative estimate of drug-likeness (QED) is 0.907. The number of anilines is 2. The smallest absolute Gasteiger partial charge is 0.270 e. The van der Waals surface area contributed by atoms with Crippen molar-refractivity contribution in [3.63, 3.8) is 0 Å². The van der Waals surface area contributed by atoms with E-state index in [0.717, 1.165) is 0 Å². The van der Waals surface area contributed by atoms with Gasteiger partial charge in [-0.1, -0.05) is 11.6 Å². The highest BCUT2D eigenvalue weighted by molar-refractivity contribution is 6.31. The molecule has 0 unspecified atom stereocenters. The number of halogens is 2. The topological polar surface area (TPSA) is 66.9 Å². The van der Waals surface area contributed by atoms with Crippen LogP contribution in [0.5, 0.6) is 0 Å². The lowest BCUT2D eigenvalue weighted by Crippen LogP contribution is -2.41. The molecule has 0 fully saturated rings. The molecule has 5 nitrogen and oxygen atoms in total. The normalized spacial score (nSPS) is 11.1. The number of rotatable bonds is 3. The molecule has 116 valence electrons. The van der Waals surface area contributed by atoms with E-state index in [4.69, 9.17) is 11.6 Å². The number of carbonyl (C=O) groups excluding carboxylic acids is 1. The van der Waals surface area contributed by atoms with Gasteiger partial charge >= 0.3 is 0 Å². The van der Waals surface area contributed by atoms with E-state index in [1.54, 1.807) is 0 Å². The molecule has 1 aromatic heterocycles. The van der Waals surface area contributed by atoms with Gasteiger partial charge < -0.3 is 10.6 Å². The second-order valence-electron chi connectivity index (χ2n) is 5.72. The van der Waals surface area contributed by atoms with Crippen LogP contribution in [0, 0.1) is 5.82 Å². The van der Waals surface area contributed by atoms with Gasteiger partial charge in [0.2, 0.25) is 5.95 Å². The molecule has 1 aromatic carbocycles. The first-order valence-corrected chi connectivity index (χ1v) is 7.00. The summed E-state index contributed by atoms with van der Waals surface area (Å²) in [5.41, 5.74) is 0.403. The molecule has 7 heteroatoms. The van der Waals surface area contributed by atoms with Crippen LogP contribution in [0.25, 0.3) is 0 Å². The molecule has 22 heavy (non-hydrogen) atoms. The number of hydrogen-bond donors (Lipinski definition) is 2. The summed E-state index contributed by atoms with van der Waals surface area (Å²) in [6, 6.07) is 5.68. The zero-order valence-electron chi connectivity index (χ0n) is 12.4. The summed E-state index contributed by atoms with van der Waals surface area (Å²) in [6.45, 7) is 5.64. The Morgan fingerprint density at radius 1 is 1.27 bits per heavy atom. The van der Waals surface area contributed by atoms with Crippen LogP contribution >= 0.6 is 11.6 Å². The average Bonchev–Trinajstić information content (AvgIpc) is 2.41. The molecular weight excluding hydrogens is 307 g/mol. The predicted molar refractivity (Wildman–Crippen MR) is 83.9 cm³/mol. The highest BCUT2D eigenvalue weighted by Gasteiger charge is 2.16. The maximum Gasteiger partial charge on any atom is 0.270 e. The third-order valence-electron chi connectivity index (χ3n) is 2.55. The number of hydrogen-bond acceptors (Lipinski definition) is 4. The Hall–Kier alpha value is -2.21. The van der Waals surface area contributed by atoms with Crippen LogP contribution in [0.2, 0.25) is 5.02 Å². The molecule has 1 heterocycles. The fourth-order valence-electron chi connectivity index (χ4n) is 1.65. The van der Waals surface area contributed by atoms with E-state index in [2.05, 4.69) is 20.6 Å². The van der Waals surface area contributed by atoms with Gasteiger partial charge in [0.1, 0.15) is 11.5 Å². The van der Waals surface area contributed by atoms with E-state index in [1.807, 2.05) is 20.8 Å². The Balaban J connectivity index is 2.17. The third kappa shape index (κ3) is 4.39. The van der Waals surface area contributed by atoms with Crippen LogP contribution in [0.15, 0.2) is 30.5 Å². The van der Waals surface area contributed by atoms with Gasteiger partial charge in [0.15, 0.2) is 0 Å². The fraction of sp³-hybridized carbons (Fsp3) is 0.267. The standard InChI is InChI=1S/C15H16ClFN4O/c1-15(2,3)21-13(22)12-6-7-18-14(20-12)19-9-4-5-11(17)10(16)8-9/h4-8H,1-3H3,(H,21,22)(H,18,19,20). The van der Waals surface area contributed by atoms with Crippen LogP contribution in [0.1, 0.15) is 31.3 Å². The number of nitrogens with one attached hydrogen (secondary N) is 2. The Labute approximate surface area is 132 Å². The molecule has 0 saturated heterocycles. The van der Waals surface area contributed by atoms with E-state index in [-0.39, 0.29) is 28.1 Å². The molecule has 0 aliphatic rings. The van der Waals surface area contributed by atoms with Crippen molar-refractivity contribution >= 4 is 29.1 Å². The molecule has 1 amide bonds. The van der Waals surface area contributed by atoms with Crippen LogP contribution < -0.4 is 10.6 Å². The second kappa shape index (κ2) is 6.27. The van der Waals surface area contributed by atoms with Crippen molar-refractivity contribution < 1.29 is 9.18 Å². The maximum atomic E-state index is 13.1. The molecule has 0 saturated carbocycles. The zero-order valence-corrected chi connectivity index (χ0v) is 13.2. The summed E-state index contributed by atoms with van der Waals surface area (Å²) < 4.78 is 13.1. The average molecular weight is 323 g/mol. The number of carbonyl (C=O) groups is 1. The highest BCUT2D eigenvalue weighted by Crippen LogP contribution is 2.21. The largest absolute Gasteiger partial charge is 0.346 e. The third-order valence-corrected chi connectivity index (χ3v) is 2.84.